The van der Waals surface area contributed by atoms with Crippen molar-refractivity contribution in [2.75, 3.05) is 25.7 Å². The monoisotopic (exact) mass is 327 g/mol. The average Bonchev–Trinajstić information content (AvgIpc) is 2.84. The Labute approximate surface area is 129 Å². The zero-order chi connectivity index (χ0) is 16.3. The van der Waals surface area contributed by atoms with Crippen molar-refractivity contribution < 1.29 is 22.3 Å². The first-order chi connectivity index (χ1) is 10.3. The van der Waals surface area contributed by atoms with Crippen molar-refractivity contribution in [1.29, 1.82) is 0 Å². The second kappa shape index (κ2) is 6.48. The summed E-state index contributed by atoms with van der Waals surface area (Å²) in [5.41, 5.74) is 0.527. The normalized spacial score (nSPS) is 20.2. The van der Waals surface area contributed by atoms with Gasteiger partial charge in [0.15, 0.2) is 21.4 Å². The van der Waals surface area contributed by atoms with E-state index < -0.39 is 15.7 Å². The minimum absolute atomic E-state index is 0.000242. The van der Waals surface area contributed by atoms with Crippen LogP contribution >= 0.6 is 0 Å². The lowest BCUT2D eigenvalue weighted by Gasteiger charge is -2.21. The van der Waals surface area contributed by atoms with E-state index in [0.29, 0.717) is 12.0 Å². The molecule has 0 spiro atoms. The van der Waals surface area contributed by atoms with Crippen molar-refractivity contribution in [3.05, 3.63) is 35.7 Å². The van der Waals surface area contributed by atoms with Crippen molar-refractivity contribution in [3.63, 3.8) is 0 Å². The van der Waals surface area contributed by atoms with Crippen LogP contribution in [0.4, 0.5) is 4.39 Å². The van der Waals surface area contributed by atoms with E-state index in [2.05, 4.69) is 0 Å². The van der Waals surface area contributed by atoms with E-state index >= 15 is 0 Å². The molecular weight excluding hydrogens is 309 g/mol. The summed E-state index contributed by atoms with van der Waals surface area (Å²) in [6.45, 7) is 0. The zero-order valence-electron chi connectivity index (χ0n) is 12.5. The Hall–Kier alpha value is -1.89. The molecule has 2 rings (SSSR count). The second-order valence-corrected chi connectivity index (χ2v) is 7.46. The highest BCUT2D eigenvalue weighted by molar-refractivity contribution is 7.91. The standard InChI is InChI=1S/C15H18FNO4S/c1-17(12-7-8-22(19,20)10-12)15(18)6-4-11-3-5-14(21-2)13(16)9-11/h3-6,9,12H,7-8,10H2,1-2H3. The molecule has 1 aromatic rings. The summed E-state index contributed by atoms with van der Waals surface area (Å²) >= 11 is 0. The van der Waals surface area contributed by atoms with Crippen LogP contribution in [0, 0.1) is 5.82 Å². The molecule has 1 heterocycles. The molecule has 0 radical (unpaired) electrons. The second-order valence-electron chi connectivity index (χ2n) is 5.23. The first-order valence-corrected chi connectivity index (χ1v) is 8.63. The number of carbonyl (C=O) groups excluding carboxylic acids is 1. The molecule has 1 aliphatic heterocycles. The summed E-state index contributed by atoms with van der Waals surface area (Å²) in [6, 6.07) is 4.08. The van der Waals surface area contributed by atoms with Crippen molar-refractivity contribution in [2.45, 2.75) is 12.5 Å². The highest BCUT2D eigenvalue weighted by atomic mass is 32.2. The molecule has 120 valence electrons. The molecule has 0 bridgehead atoms. The number of halogens is 1. The van der Waals surface area contributed by atoms with Crippen LogP contribution in [0.5, 0.6) is 5.75 Å². The number of carbonyl (C=O) groups is 1. The third-order valence-electron chi connectivity index (χ3n) is 3.70. The molecule has 0 saturated carbocycles. The fourth-order valence-corrected chi connectivity index (χ4v) is 4.11. The molecular formula is C15H18FNO4S. The number of hydrogen-bond donors (Lipinski definition) is 0. The van der Waals surface area contributed by atoms with Gasteiger partial charge in [-0.25, -0.2) is 12.8 Å². The van der Waals surface area contributed by atoms with Crippen LogP contribution in [-0.2, 0) is 14.6 Å². The maximum Gasteiger partial charge on any atom is 0.246 e. The molecule has 1 atom stereocenters. The molecule has 0 aliphatic carbocycles. The first-order valence-electron chi connectivity index (χ1n) is 6.81. The van der Waals surface area contributed by atoms with Crippen LogP contribution < -0.4 is 4.74 Å². The van der Waals surface area contributed by atoms with Gasteiger partial charge >= 0.3 is 0 Å². The minimum Gasteiger partial charge on any atom is -0.494 e. The lowest BCUT2D eigenvalue weighted by atomic mass is 10.2. The summed E-state index contributed by atoms with van der Waals surface area (Å²) in [6.07, 6.45) is 3.26. The molecule has 1 unspecified atom stereocenters. The fourth-order valence-electron chi connectivity index (χ4n) is 2.33. The van der Waals surface area contributed by atoms with Gasteiger partial charge in [-0.15, -0.1) is 0 Å². The van der Waals surface area contributed by atoms with Crippen LogP contribution in [-0.4, -0.2) is 50.9 Å². The van der Waals surface area contributed by atoms with E-state index in [1.165, 1.54) is 36.3 Å². The number of hydrogen-bond acceptors (Lipinski definition) is 4. The molecule has 1 aromatic carbocycles. The maximum atomic E-state index is 13.5. The Morgan fingerprint density at radius 3 is 2.73 bits per heavy atom. The Morgan fingerprint density at radius 1 is 1.45 bits per heavy atom. The fraction of sp³-hybridized carbons (Fsp3) is 0.400. The molecule has 7 heteroatoms. The van der Waals surface area contributed by atoms with Gasteiger partial charge in [-0.3, -0.25) is 4.79 Å². The number of benzene rings is 1. The molecule has 1 aliphatic rings. The summed E-state index contributed by atoms with van der Waals surface area (Å²) in [4.78, 5) is 13.5. The van der Waals surface area contributed by atoms with Crippen molar-refractivity contribution >= 4 is 21.8 Å². The predicted molar refractivity (Wildman–Crippen MR) is 81.8 cm³/mol. The Balaban J connectivity index is 2.03. The highest BCUT2D eigenvalue weighted by Crippen LogP contribution is 2.19. The van der Waals surface area contributed by atoms with Gasteiger partial charge in [-0.05, 0) is 30.2 Å². The van der Waals surface area contributed by atoms with Gasteiger partial charge in [0, 0.05) is 19.2 Å². The van der Waals surface area contributed by atoms with Gasteiger partial charge in [-0.2, -0.15) is 0 Å². The summed E-state index contributed by atoms with van der Waals surface area (Å²) in [7, 11) is -0.0827. The van der Waals surface area contributed by atoms with Gasteiger partial charge in [0.1, 0.15) is 0 Å². The number of rotatable bonds is 4. The van der Waals surface area contributed by atoms with E-state index in [1.54, 1.807) is 13.1 Å². The molecule has 0 aromatic heterocycles. The molecule has 0 N–H and O–H groups in total. The average molecular weight is 327 g/mol. The Morgan fingerprint density at radius 2 is 2.18 bits per heavy atom. The van der Waals surface area contributed by atoms with Crippen LogP contribution in [0.1, 0.15) is 12.0 Å². The van der Waals surface area contributed by atoms with Crippen molar-refractivity contribution in [2.24, 2.45) is 0 Å². The molecule has 22 heavy (non-hydrogen) atoms. The molecule has 5 nitrogen and oxygen atoms in total. The van der Waals surface area contributed by atoms with E-state index in [9.17, 15) is 17.6 Å². The smallest absolute Gasteiger partial charge is 0.246 e. The van der Waals surface area contributed by atoms with Gasteiger partial charge in [0.2, 0.25) is 5.91 Å². The minimum atomic E-state index is -3.04. The number of sulfone groups is 1. The summed E-state index contributed by atoms with van der Waals surface area (Å²) in [5.74, 6) is -0.564. The number of methoxy groups -OCH3 is 1. The summed E-state index contributed by atoms with van der Waals surface area (Å²) < 4.78 is 41.2. The van der Waals surface area contributed by atoms with Crippen LogP contribution in [0.2, 0.25) is 0 Å². The highest BCUT2D eigenvalue weighted by Gasteiger charge is 2.31. The third-order valence-corrected chi connectivity index (χ3v) is 5.45. The lowest BCUT2D eigenvalue weighted by molar-refractivity contribution is -0.126. The number of nitrogens with zero attached hydrogens (tertiary/aromatic N) is 1. The Kier molecular flexibility index (Phi) is 4.85. The Bertz CT molecular complexity index is 699. The third kappa shape index (κ3) is 3.85. The van der Waals surface area contributed by atoms with Crippen LogP contribution in [0.15, 0.2) is 24.3 Å². The molecule has 1 amide bonds. The quantitative estimate of drug-likeness (QED) is 0.786. The van der Waals surface area contributed by atoms with Gasteiger partial charge in [0.05, 0.1) is 18.6 Å². The van der Waals surface area contributed by atoms with Gasteiger partial charge < -0.3 is 9.64 Å². The van der Waals surface area contributed by atoms with Crippen molar-refractivity contribution in [1.82, 2.24) is 4.90 Å². The first kappa shape index (κ1) is 16.5. The molecule has 1 fully saturated rings. The van der Waals surface area contributed by atoms with E-state index in [4.69, 9.17) is 4.74 Å². The topological polar surface area (TPSA) is 63.7 Å². The number of ether oxygens (including phenoxy) is 1. The van der Waals surface area contributed by atoms with Gasteiger partial charge in [0.25, 0.3) is 0 Å². The maximum absolute atomic E-state index is 13.5. The molecule has 1 saturated heterocycles. The van der Waals surface area contributed by atoms with E-state index in [0.717, 1.165) is 0 Å². The predicted octanol–water partition coefficient (Wildman–Crippen LogP) is 1.49. The lowest BCUT2D eigenvalue weighted by Crippen LogP contribution is -2.36. The van der Waals surface area contributed by atoms with Crippen molar-refractivity contribution in [3.8, 4) is 5.75 Å². The number of likely N-dealkylation sites (N-methyl/N-ethyl adjacent to an activating group) is 1. The number of amides is 1. The largest absolute Gasteiger partial charge is 0.494 e. The van der Waals surface area contributed by atoms with Crippen LogP contribution in [0.25, 0.3) is 6.08 Å². The van der Waals surface area contributed by atoms with Crippen LogP contribution in [0.3, 0.4) is 0 Å². The zero-order valence-corrected chi connectivity index (χ0v) is 13.3. The summed E-state index contributed by atoms with van der Waals surface area (Å²) in [5, 5.41) is 0. The van der Waals surface area contributed by atoms with E-state index in [-0.39, 0.29) is 29.2 Å². The van der Waals surface area contributed by atoms with E-state index in [1.807, 2.05) is 0 Å². The van der Waals surface area contributed by atoms with Gasteiger partial charge in [-0.1, -0.05) is 6.07 Å². The SMILES string of the molecule is COc1ccc(C=CC(=O)N(C)C2CCS(=O)(=O)C2)cc1F.